The average Bonchev–Trinajstić information content (AvgIpc) is 2.29. The molecule has 6 nitrogen and oxygen atoms in total. The molecular formula is C11H15N3O3. The van der Waals surface area contributed by atoms with Gasteiger partial charge in [0.2, 0.25) is 0 Å². The van der Waals surface area contributed by atoms with Crippen molar-refractivity contribution in [2.24, 2.45) is 0 Å². The van der Waals surface area contributed by atoms with E-state index in [4.69, 9.17) is 9.84 Å². The Labute approximate surface area is 99.0 Å². The number of anilines is 1. The van der Waals surface area contributed by atoms with Crippen LogP contribution in [0.25, 0.3) is 0 Å². The summed E-state index contributed by atoms with van der Waals surface area (Å²) in [5.74, 6) is -0.665. The second kappa shape index (κ2) is 5.09. The largest absolute Gasteiger partial charge is 0.478 e. The van der Waals surface area contributed by atoms with Crippen molar-refractivity contribution in [3.05, 3.63) is 17.8 Å². The van der Waals surface area contributed by atoms with Gasteiger partial charge in [-0.1, -0.05) is 0 Å². The van der Waals surface area contributed by atoms with E-state index in [1.54, 1.807) is 0 Å². The molecule has 0 aromatic carbocycles. The molecule has 1 aliphatic rings. The number of carbonyl (C=O) groups is 1. The van der Waals surface area contributed by atoms with E-state index in [2.05, 4.69) is 15.5 Å². The van der Waals surface area contributed by atoms with Gasteiger partial charge in [-0.25, -0.2) is 4.79 Å². The summed E-state index contributed by atoms with van der Waals surface area (Å²) in [5.41, 5.74) is 0.152. The molecule has 2 atom stereocenters. The van der Waals surface area contributed by atoms with Crippen LogP contribution in [0.15, 0.2) is 12.3 Å². The Balaban J connectivity index is 2.10. The Kier molecular flexibility index (Phi) is 3.53. The van der Waals surface area contributed by atoms with Gasteiger partial charge in [0.05, 0.1) is 12.3 Å². The zero-order valence-electron chi connectivity index (χ0n) is 9.59. The van der Waals surface area contributed by atoms with Crippen molar-refractivity contribution in [1.82, 2.24) is 10.2 Å². The fourth-order valence-electron chi connectivity index (χ4n) is 1.93. The van der Waals surface area contributed by atoms with E-state index >= 15 is 0 Å². The predicted octanol–water partition coefficient (Wildman–Crippen LogP) is 1.15. The highest BCUT2D eigenvalue weighted by Gasteiger charge is 2.21. The normalized spacial score (nSPS) is 24.3. The molecule has 0 radical (unpaired) electrons. The van der Waals surface area contributed by atoms with Crippen LogP contribution in [0.3, 0.4) is 0 Å². The van der Waals surface area contributed by atoms with Crippen LogP contribution in [0, 0.1) is 0 Å². The summed E-state index contributed by atoms with van der Waals surface area (Å²) >= 11 is 0. The number of aromatic carboxylic acids is 1. The van der Waals surface area contributed by atoms with E-state index in [0.29, 0.717) is 12.4 Å². The number of nitrogens with zero attached hydrogens (tertiary/aromatic N) is 2. The van der Waals surface area contributed by atoms with E-state index < -0.39 is 5.97 Å². The Morgan fingerprint density at radius 3 is 3.18 bits per heavy atom. The molecule has 2 rings (SSSR count). The molecule has 2 N–H and O–H groups in total. The lowest BCUT2D eigenvalue weighted by Gasteiger charge is -2.28. The minimum Gasteiger partial charge on any atom is -0.478 e. The maximum absolute atomic E-state index is 11.0. The highest BCUT2D eigenvalue weighted by Crippen LogP contribution is 2.19. The summed E-state index contributed by atoms with van der Waals surface area (Å²) in [5, 5.41) is 19.7. The van der Waals surface area contributed by atoms with Gasteiger partial charge in [-0.15, -0.1) is 5.10 Å². The summed E-state index contributed by atoms with van der Waals surface area (Å²) in [4.78, 5) is 11.0. The predicted molar refractivity (Wildman–Crippen MR) is 61.1 cm³/mol. The van der Waals surface area contributed by atoms with Gasteiger partial charge in [-0.2, -0.15) is 5.10 Å². The average molecular weight is 237 g/mol. The van der Waals surface area contributed by atoms with Crippen LogP contribution in [0.4, 0.5) is 5.82 Å². The Hall–Kier alpha value is -1.69. The number of carboxylic acids is 1. The molecule has 0 saturated carbocycles. The quantitative estimate of drug-likeness (QED) is 0.820. The lowest BCUT2D eigenvalue weighted by Crippen LogP contribution is -2.33. The van der Waals surface area contributed by atoms with Gasteiger partial charge in [-0.05, 0) is 25.8 Å². The van der Waals surface area contributed by atoms with E-state index in [0.717, 1.165) is 12.8 Å². The van der Waals surface area contributed by atoms with Crippen LogP contribution < -0.4 is 5.32 Å². The monoisotopic (exact) mass is 237 g/mol. The number of aromatic nitrogens is 2. The van der Waals surface area contributed by atoms with Gasteiger partial charge in [0, 0.05) is 12.6 Å². The highest BCUT2D eigenvalue weighted by atomic mass is 16.5. The van der Waals surface area contributed by atoms with Crippen molar-refractivity contribution in [3.63, 3.8) is 0 Å². The summed E-state index contributed by atoms with van der Waals surface area (Å²) in [6.07, 6.45) is 3.25. The Morgan fingerprint density at radius 1 is 1.65 bits per heavy atom. The van der Waals surface area contributed by atoms with Gasteiger partial charge < -0.3 is 15.2 Å². The van der Waals surface area contributed by atoms with Crippen LogP contribution in [-0.2, 0) is 4.74 Å². The molecule has 2 heterocycles. The van der Waals surface area contributed by atoms with Gasteiger partial charge >= 0.3 is 5.97 Å². The topological polar surface area (TPSA) is 84.3 Å². The van der Waals surface area contributed by atoms with Crippen molar-refractivity contribution >= 4 is 11.8 Å². The van der Waals surface area contributed by atoms with Crippen molar-refractivity contribution in [2.45, 2.75) is 31.9 Å². The summed E-state index contributed by atoms with van der Waals surface area (Å²) in [7, 11) is 0. The standard InChI is InChI=1S/C11H15N3O3/c1-7-6-8(3-5-17-7)13-10-9(11(15)16)2-4-12-14-10/h2,4,7-8H,3,5-6H2,1H3,(H,13,14)(H,15,16). The molecule has 1 aromatic heterocycles. The summed E-state index contributed by atoms with van der Waals surface area (Å²) in [6, 6.07) is 1.63. The number of ether oxygens (including phenoxy) is 1. The zero-order valence-corrected chi connectivity index (χ0v) is 9.59. The number of carboxylic acid groups (broad SMARTS) is 1. The second-order valence-corrected chi connectivity index (χ2v) is 4.15. The van der Waals surface area contributed by atoms with Crippen LogP contribution in [0.5, 0.6) is 0 Å². The van der Waals surface area contributed by atoms with E-state index in [-0.39, 0.29) is 17.7 Å². The van der Waals surface area contributed by atoms with E-state index in [9.17, 15) is 4.79 Å². The molecule has 1 saturated heterocycles. The molecule has 17 heavy (non-hydrogen) atoms. The first-order valence-electron chi connectivity index (χ1n) is 5.60. The lowest BCUT2D eigenvalue weighted by atomic mass is 10.0. The first kappa shape index (κ1) is 11.8. The van der Waals surface area contributed by atoms with Crippen molar-refractivity contribution in [1.29, 1.82) is 0 Å². The van der Waals surface area contributed by atoms with Crippen LogP contribution in [-0.4, -0.2) is 40.0 Å². The Bertz CT molecular complexity index is 411. The Morgan fingerprint density at radius 2 is 2.47 bits per heavy atom. The molecule has 1 aliphatic heterocycles. The van der Waals surface area contributed by atoms with Crippen molar-refractivity contribution < 1.29 is 14.6 Å². The van der Waals surface area contributed by atoms with Crippen molar-refractivity contribution in [2.75, 3.05) is 11.9 Å². The molecule has 0 bridgehead atoms. The lowest BCUT2D eigenvalue weighted by molar-refractivity contribution is 0.0231. The number of hydrogen-bond acceptors (Lipinski definition) is 5. The first-order valence-corrected chi connectivity index (χ1v) is 5.60. The second-order valence-electron chi connectivity index (χ2n) is 4.15. The zero-order chi connectivity index (χ0) is 12.3. The van der Waals surface area contributed by atoms with Crippen molar-refractivity contribution in [3.8, 4) is 0 Å². The van der Waals surface area contributed by atoms with Gasteiger partial charge in [-0.3, -0.25) is 0 Å². The molecule has 6 heteroatoms. The maximum Gasteiger partial charge on any atom is 0.339 e. The summed E-state index contributed by atoms with van der Waals surface area (Å²) < 4.78 is 5.43. The minimum atomic E-state index is -0.998. The number of rotatable bonds is 3. The molecule has 1 fully saturated rings. The number of nitrogens with one attached hydrogen (secondary N) is 1. The van der Waals surface area contributed by atoms with E-state index in [1.165, 1.54) is 12.3 Å². The third-order valence-electron chi connectivity index (χ3n) is 2.78. The smallest absolute Gasteiger partial charge is 0.339 e. The molecule has 1 aromatic rings. The number of hydrogen-bond donors (Lipinski definition) is 2. The van der Waals surface area contributed by atoms with Gasteiger partial charge in [0.15, 0.2) is 5.82 Å². The molecule has 0 spiro atoms. The van der Waals surface area contributed by atoms with Crippen LogP contribution in [0.1, 0.15) is 30.1 Å². The third kappa shape index (κ3) is 2.91. The highest BCUT2D eigenvalue weighted by molar-refractivity contribution is 5.92. The molecule has 0 amide bonds. The van der Waals surface area contributed by atoms with Gasteiger partial charge in [0.25, 0.3) is 0 Å². The van der Waals surface area contributed by atoms with Gasteiger partial charge in [0.1, 0.15) is 5.56 Å². The first-order chi connectivity index (χ1) is 8.16. The fraction of sp³-hybridized carbons (Fsp3) is 0.545. The molecule has 92 valence electrons. The maximum atomic E-state index is 11.0. The molecule has 0 aliphatic carbocycles. The molecule has 2 unspecified atom stereocenters. The minimum absolute atomic E-state index is 0.152. The van der Waals surface area contributed by atoms with Crippen LogP contribution >= 0.6 is 0 Å². The third-order valence-corrected chi connectivity index (χ3v) is 2.78. The molecular weight excluding hydrogens is 222 g/mol. The SMILES string of the molecule is CC1CC(Nc2nnccc2C(=O)O)CCO1. The van der Waals surface area contributed by atoms with E-state index in [1.807, 2.05) is 6.92 Å². The summed E-state index contributed by atoms with van der Waals surface area (Å²) in [6.45, 7) is 2.68. The van der Waals surface area contributed by atoms with Crippen LogP contribution in [0.2, 0.25) is 0 Å². The fourth-order valence-corrected chi connectivity index (χ4v) is 1.93.